The van der Waals surface area contributed by atoms with Crippen molar-refractivity contribution < 1.29 is 8.83 Å². The van der Waals surface area contributed by atoms with Gasteiger partial charge in [0.25, 0.3) is 0 Å². The molecular weight excluding hydrogens is 530 g/mol. The summed E-state index contributed by atoms with van der Waals surface area (Å²) in [5.74, 6) is 0. The van der Waals surface area contributed by atoms with E-state index in [2.05, 4.69) is 71.1 Å². The Bertz CT molecular complexity index is 2960. The number of furan rings is 2. The molecule has 0 bridgehead atoms. The van der Waals surface area contributed by atoms with Gasteiger partial charge in [-0.1, -0.05) is 72.8 Å². The summed E-state index contributed by atoms with van der Waals surface area (Å²) in [6.45, 7) is 0. The molecule has 5 nitrogen and oxygen atoms in total. The number of para-hydroxylation sites is 5. The van der Waals surface area contributed by atoms with Crippen LogP contribution in [0.1, 0.15) is 0 Å². The van der Waals surface area contributed by atoms with Gasteiger partial charge in [-0.15, -0.1) is 0 Å². The summed E-state index contributed by atoms with van der Waals surface area (Å²) in [5, 5.41) is 7.79. The molecule has 0 radical (unpaired) electrons. The normalized spacial score (nSPS) is 12.7. The highest BCUT2D eigenvalue weighted by Gasteiger charge is 2.26. The molecular formula is C38H19N3O2. The van der Waals surface area contributed by atoms with E-state index in [1.165, 1.54) is 10.8 Å². The summed E-state index contributed by atoms with van der Waals surface area (Å²) < 4.78 is 15.1. The van der Waals surface area contributed by atoms with Crippen LogP contribution < -0.4 is 0 Å². The minimum Gasteiger partial charge on any atom is -0.456 e. The fourth-order valence-electron chi connectivity index (χ4n) is 7.27. The molecule has 0 atom stereocenters. The molecule has 5 aromatic heterocycles. The summed E-state index contributed by atoms with van der Waals surface area (Å²) in [7, 11) is 0. The van der Waals surface area contributed by atoms with Gasteiger partial charge in [-0.05, 0) is 48.0 Å². The number of benzene rings is 6. The van der Waals surface area contributed by atoms with Gasteiger partial charge in [-0.2, -0.15) is 0 Å². The third-order valence-corrected chi connectivity index (χ3v) is 9.10. The molecule has 0 fully saturated rings. The molecule has 0 saturated carbocycles. The van der Waals surface area contributed by atoms with Gasteiger partial charge >= 0.3 is 0 Å². The van der Waals surface area contributed by atoms with Gasteiger partial charge in [0.15, 0.2) is 5.65 Å². The fourth-order valence-corrected chi connectivity index (χ4v) is 7.27. The van der Waals surface area contributed by atoms with Gasteiger partial charge in [0.05, 0.1) is 27.5 Å². The summed E-state index contributed by atoms with van der Waals surface area (Å²) in [6, 6.07) is 40.0. The van der Waals surface area contributed by atoms with Crippen LogP contribution in [0.25, 0.3) is 104 Å². The van der Waals surface area contributed by atoms with Crippen molar-refractivity contribution in [3.8, 4) is 11.1 Å². The number of aromatic nitrogens is 3. The van der Waals surface area contributed by atoms with E-state index in [0.29, 0.717) is 0 Å². The molecule has 0 unspecified atom stereocenters. The molecule has 198 valence electrons. The van der Waals surface area contributed by atoms with E-state index in [-0.39, 0.29) is 0 Å². The van der Waals surface area contributed by atoms with Gasteiger partial charge in [0.1, 0.15) is 27.8 Å². The zero-order valence-corrected chi connectivity index (χ0v) is 22.6. The average Bonchev–Trinajstić information content (AvgIpc) is 3.79. The van der Waals surface area contributed by atoms with E-state index in [0.717, 1.165) is 93.6 Å². The standard InChI is InChI=1S/C38H19N3O2/c1-5-14-30-22(8-1)25-18-20(16-17-32(25)42-30)21-10-7-11-24-26-19-27-23-9-2-6-15-31(23)43-37(27)33-34-38(41(35(21)24)36(26)33)40-29-13-4-3-12-28(29)39-34/h1-19H. The average molecular weight is 550 g/mol. The molecule has 0 N–H and O–H groups in total. The largest absolute Gasteiger partial charge is 0.456 e. The Morgan fingerprint density at radius 1 is 0.488 bits per heavy atom. The molecule has 0 aliphatic rings. The Morgan fingerprint density at radius 2 is 1.19 bits per heavy atom. The van der Waals surface area contributed by atoms with Crippen molar-refractivity contribution in [1.82, 2.24) is 14.4 Å². The van der Waals surface area contributed by atoms with E-state index in [4.69, 9.17) is 18.8 Å². The van der Waals surface area contributed by atoms with Crippen LogP contribution in [-0.2, 0) is 0 Å². The molecule has 5 heteroatoms. The summed E-state index contributed by atoms with van der Waals surface area (Å²) in [5.41, 5.74) is 11.4. The molecule has 0 amide bonds. The summed E-state index contributed by atoms with van der Waals surface area (Å²) >= 11 is 0. The van der Waals surface area contributed by atoms with Crippen molar-refractivity contribution in [3.63, 3.8) is 0 Å². The number of fused-ring (bicyclic) bond motifs is 14. The van der Waals surface area contributed by atoms with Crippen LogP contribution in [0.4, 0.5) is 0 Å². The highest BCUT2D eigenvalue weighted by molar-refractivity contribution is 6.33. The highest BCUT2D eigenvalue weighted by Crippen LogP contribution is 2.47. The molecule has 11 rings (SSSR count). The van der Waals surface area contributed by atoms with Crippen molar-refractivity contribution in [2.75, 3.05) is 0 Å². The maximum Gasteiger partial charge on any atom is 0.165 e. The smallest absolute Gasteiger partial charge is 0.165 e. The van der Waals surface area contributed by atoms with Gasteiger partial charge in [-0.25, -0.2) is 9.97 Å². The van der Waals surface area contributed by atoms with Crippen LogP contribution in [0.2, 0.25) is 0 Å². The zero-order valence-electron chi connectivity index (χ0n) is 22.6. The monoisotopic (exact) mass is 549 g/mol. The van der Waals surface area contributed by atoms with Crippen molar-refractivity contribution in [2.45, 2.75) is 0 Å². The van der Waals surface area contributed by atoms with Crippen molar-refractivity contribution in [2.24, 2.45) is 0 Å². The number of nitrogens with zero attached hydrogens (tertiary/aromatic N) is 3. The van der Waals surface area contributed by atoms with Gasteiger partial charge < -0.3 is 8.83 Å². The van der Waals surface area contributed by atoms with Crippen molar-refractivity contribution >= 4 is 93.3 Å². The quantitative estimate of drug-likeness (QED) is 0.204. The number of hydrogen-bond acceptors (Lipinski definition) is 4. The Labute approximate surface area is 242 Å². The second-order valence-corrected chi connectivity index (χ2v) is 11.4. The Kier molecular flexibility index (Phi) is 3.78. The topological polar surface area (TPSA) is 56.5 Å². The lowest BCUT2D eigenvalue weighted by Gasteiger charge is -2.07. The van der Waals surface area contributed by atoms with E-state index >= 15 is 0 Å². The first-order valence-corrected chi connectivity index (χ1v) is 14.4. The minimum absolute atomic E-state index is 0.837. The van der Waals surface area contributed by atoms with Gasteiger partial charge in [0, 0.05) is 37.9 Å². The molecule has 6 aromatic carbocycles. The first-order chi connectivity index (χ1) is 21.3. The van der Waals surface area contributed by atoms with Crippen LogP contribution in [0.15, 0.2) is 124 Å². The molecule has 43 heavy (non-hydrogen) atoms. The minimum atomic E-state index is 0.837. The van der Waals surface area contributed by atoms with E-state index in [1.54, 1.807) is 0 Å². The van der Waals surface area contributed by atoms with E-state index in [9.17, 15) is 0 Å². The first kappa shape index (κ1) is 21.8. The SMILES string of the molecule is c1ccc2nc3c(nc2c1)c1c2oc4ccccc4c2cc2c4cccc(-c5ccc6oc7ccccc7c6c5)c4n3c21. The van der Waals surface area contributed by atoms with Crippen LogP contribution in [0, 0.1) is 0 Å². The Balaban J connectivity index is 1.37. The van der Waals surface area contributed by atoms with Crippen LogP contribution in [0.5, 0.6) is 0 Å². The summed E-state index contributed by atoms with van der Waals surface area (Å²) in [4.78, 5) is 10.4. The van der Waals surface area contributed by atoms with E-state index in [1.807, 2.05) is 48.5 Å². The van der Waals surface area contributed by atoms with E-state index < -0.39 is 0 Å². The predicted molar refractivity (Wildman–Crippen MR) is 174 cm³/mol. The number of rotatable bonds is 1. The molecule has 0 spiro atoms. The molecule has 0 saturated heterocycles. The third-order valence-electron chi connectivity index (χ3n) is 9.10. The molecule has 11 aromatic rings. The van der Waals surface area contributed by atoms with Crippen LogP contribution >= 0.6 is 0 Å². The van der Waals surface area contributed by atoms with Gasteiger partial charge in [0.2, 0.25) is 0 Å². The lowest BCUT2D eigenvalue weighted by molar-refractivity contribution is 0.669. The Hall–Kier alpha value is -5.94. The van der Waals surface area contributed by atoms with Crippen molar-refractivity contribution in [3.05, 3.63) is 115 Å². The van der Waals surface area contributed by atoms with Gasteiger partial charge in [-0.3, -0.25) is 4.40 Å². The van der Waals surface area contributed by atoms with Crippen LogP contribution in [0.3, 0.4) is 0 Å². The highest BCUT2D eigenvalue weighted by atomic mass is 16.3. The number of hydrogen-bond donors (Lipinski definition) is 0. The predicted octanol–water partition coefficient (Wildman–Crippen LogP) is 10.2. The Morgan fingerprint density at radius 3 is 2.05 bits per heavy atom. The second-order valence-electron chi connectivity index (χ2n) is 11.4. The first-order valence-electron chi connectivity index (χ1n) is 14.4. The second kappa shape index (κ2) is 7.46. The lowest BCUT2D eigenvalue weighted by Crippen LogP contribution is -1.90. The van der Waals surface area contributed by atoms with Crippen LogP contribution in [-0.4, -0.2) is 14.4 Å². The maximum absolute atomic E-state index is 6.58. The maximum atomic E-state index is 6.58. The molecule has 5 heterocycles. The molecule has 0 aliphatic heterocycles. The fraction of sp³-hybridized carbons (Fsp3) is 0. The van der Waals surface area contributed by atoms with Crippen molar-refractivity contribution in [1.29, 1.82) is 0 Å². The molecule has 0 aliphatic carbocycles. The summed E-state index contributed by atoms with van der Waals surface area (Å²) in [6.07, 6.45) is 0. The zero-order chi connectivity index (χ0) is 27.8. The lowest BCUT2D eigenvalue weighted by atomic mass is 9.99. The third kappa shape index (κ3) is 2.63.